The minimum Gasteiger partial charge on any atom is -0.316 e. The third kappa shape index (κ3) is 3.92. The molecule has 1 saturated carbocycles. The number of hydrogen-bond donors (Lipinski definition) is 1. The predicted molar refractivity (Wildman–Crippen MR) is 79.0 cm³/mol. The van der Waals surface area contributed by atoms with E-state index >= 15 is 0 Å². The van der Waals surface area contributed by atoms with E-state index < -0.39 is 9.84 Å². The molecule has 0 aromatic heterocycles. The smallest absolute Gasteiger partial charge is 0.153 e. The lowest BCUT2D eigenvalue weighted by molar-refractivity contribution is 0.0403. The molecule has 2 rings (SSSR count). The molecule has 1 saturated heterocycles. The van der Waals surface area contributed by atoms with Crippen LogP contribution in [0.25, 0.3) is 0 Å². The molecule has 1 N–H and O–H groups in total. The summed E-state index contributed by atoms with van der Waals surface area (Å²) in [5, 5.41) is 3.54. The average Bonchev–Trinajstić information content (AvgIpc) is 2.25. The molecule has 0 aromatic carbocycles. The van der Waals surface area contributed by atoms with E-state index in [1.54, 1.807) is 0 Å². The van der Waals surface area contributed by atoms with Crippen molar-refractivity contribution < 1.29 is 8.42 Å². The van der Waals surface area contributed by atoms with E-state index in [-0.39, 0.29) is 6.04 Å². The first kappa shape index (κ1) is 15.3. The van der Waals surface area contributed by atoms with Crippen molar-refractivity contribution in [1.82, 2.24) is 10.2 Å². The normalized spacial score (nSPS) is 35.3. The van der Waals surface area contributed by atoms with Crippen LogP contribution in [0.15, 0.2) is 0 Å². The van der Waals surface area contributed by atoms with Crippen molar-refractivity contribution in [3.05, 3.63) is 0 Å². The van der Waals surface area contributed by atoms with Gasteiger partial charge in [0.25, 0.3) is 0 Å². The maximum atomic E-state index is 11.6. The molecule has 2 fully saturated rings. The summed E-state index contributed by atoms with van der Waals surface area (Å²) in [5.74, 6) is 2.09. The molecule has 0 aromatic rings. The van der Waals surface area contributed by atoms with Crippen LogP contribution < -0.4 is 5.32 Å². The van der Waals surface area contributed by atoms with E-state index in [0.717, 1.165) is 19.6 Å². The van der Waals surface area contributed by atoms with Gasteiger partial charge in [-0.05, 0) is 44.7 Å². The topological polar surface area (TPSA) is 49.4 Å². The van der Waals surface area contributed by atoms with Crippen LogP contribution in [0.1, 0.15) is 33.6 Å². The fourth-order valence-corrected chi connectivity index (χ4v) is 4.87. The van der Waals surface area contributed by atoms with Crippen molar-refractivity contribution >= 4 is 9.84 Å². The zero-order chi connectivity index (χ0) is 14.0. The molecule has 2 aliphatic rings. The monoisotopic (exact) mass is 288 g/mol. The van der Waals surface area contributed by atoms with Gasteiger partial charge in [-0.15, -0.1) is 0 Å². The highest BCUT2D eigenvalue weighted by Crippen LogP contribution is 2.34. The molecule has 5 heteroatoms. The van der Waals surface area contributed by atoms with Crippen LogP contribution in [0.2, 0.25) is 0 Å². The molecule has 3 atom stereocenters. The lowest BCUT2D eigenvalue weighted by Gasteiger charge is -2.48. The molecule has 0 amide bonds. The maximum absolute atomic E-state index is 11.6. The number of hydrogen-bond acceptors (Lipinski definition) is 4. The second-order valence-corrected chi connectivity index (χ2v) is 8.89. The van der Waals surface area contributed by atoms with E-state index in [1.165, 1.54) is 12.8 Å². The Morgan fingerprint density at radius 1 is 1.32 bits per heavy atom. The Kier molecular flexibility index (Phi) is 4.90. The van der Waals surface area contributed by atoms with Gasteiger partial charge in [0.15, 0.2) is 9.84 Å². The van der Waals surface area contributed by atoms with Gasteiger partial charge in [0.1, 0.15) is 0 Å². The molecule has 0 radical (unpaired) electrons. The zero-order valence-electron chi connectivity index (χ0n) is 12.4. The van der Waals surface area contributed by atoms with Crippen LogP contribution in [0.3, 0.4) is 0 Å². The maximum Gasteiger partial charge on any atom is 0.153 e. The zero-order valence-corrected chi connectivity index (χ0v) is 13.2. The van der Waals surface area contributed by atoms with Crippen LogP contribution in [0.5, 0.6) is 0 Å². The third-order valence-corrected chi connectivity index (χ3v) is 6.28. The summed E-state index contributed by atoms with van der Waals surface area (Å²) in [6.45, 7) is 9.40. The lowest BCUT2D eigenvalue weighted by atomic mass is 9.77. The van der Waals surface area contributed by atoms with E-state index in [1.807, 2.05) is 0 Å². The Bertz CT molecular complexity index is 394. The second kappa shape index (κ2) is 6.10. The molecule has 19 heavy (non-hydrogen) atoms. The molecule has 0 spiro atoms. The fraction of sp³-hybridized carbons (Fsp3) is 1.00. The quantitative estimate of drug-likeness (QED) is 0.824. The van der Waals surface area contributed by atoms with E-state index in [2.05, 4.69) is 31.0 Å². The van der Waals surface area contributed by atoms with Crippen molar-refractivity contribution in [2.45, 2.75) is 45.7 Å². The van der Waals surface area contributed by atoms with Crippen molar-refractivity contribution in [3.63, 3.8) is 0 Å². The molecular formula is C14H28N2O2S. The Labute approximate surface area is 117 Å². The first-order valence-electron chi connectivity index (χ1n) is 7.56. The highest BCUT2D eigenvalue weighted by atomic mass is 32.2. The Hall–Kier alpha value is -0.130. The Morgan fingerprint density at radius 2 is 2.05 bits per heavy atom. The molecule has 3 unspecified atom stereocenters. The minimum atomic E-state index is -2.79. The number of sulfone groups is 1. The van der Waals surface area contributed by atoms with Crippen molar-refractivity contribution in [2.24, 2.45) is 11.8 Å². The minimum absolute atomic E-state index is 0.191. The predicted octanol–water partition coefficient (Wildman–Crippen LogP) is 1.13. The first-order chi connectivity index (χ1) is 8.89. The average molecular weight is 288 g/mol. The van der Waals surface area contributed by atoms with Gasteiger partial charge in [-0.25, -0.2) is 8.42 Å². The molecule has 1 aliphatic carbocycles. The van der Waals surface area contributed by atoms with Gasteiger partial charge < -0.3 is 5.32 Å². The summed E-state index contributed by atoms with van der Waals surface area (Å²) in [5.41, 5.74) is 0. The third-order valence-electron chi connectivity index (χ3n) is 4.48. The number of nitrogens with zero attached hydrogens (tertiary/aromatic N) is 1. The summed E-state index contributed by atoms with van der Waals surface area (Å²) in [7, 11) is -2.79. The summed E-state index contributed by atoms with van der Waals surface area (Å²) in [4.78, 5) is 2.44. The van der Waals surface area contributed by atoms with E-state index in [4.69, 9.17) is 0 Å². The van der Waals surface area contributed by atoms with E-state index in [0.29, 0.717) is 29.4 Å². The molecule has 4 nitrogen and oxygen atoms in total. The first-order valence-corrected chi connectivity index (χ1v) is 9.38. The summed E-state index contributed by atoms with van der Waals surface area (Å²) >= 11 is 0. The van der Waals surface area contributed by atoms with Gasteiger partial charge in [-0.2, -0.15) is 0 Å². The van der Waals surface area contributed by atoms with Gasteiger partial charge in [0.05, 0.1) is 11.5 Å². The Balaban J connectivity index is 1.82. The van der Waals surface area contributed by atoms with Gasteiger partial charge >= 0.3 is 0 Å². The highest BCUT2D eigenvalue weighted by molar-refractivity contribution is 7.91. The number of rotatable bonds is 5. The molecule has 1 heterocycles. The molecule has 112 valence electrons. The molecule has 0 bridgehead atoms. The SMILES string of the molecule is CC(C)CNCC1CCC1N1CCS(=O)(=O)CC1C. The Morgan fingerprint density at radius 3 is 2.58 bits per heavy atom. The van der Waals surface area contributed by atoms with Crippen LogP contribution in [-0.2, 0) is 9.84 Å². The van der Waals surface area contributed by atoms with Crippen molar-refractivity contribution in [2.75, 3.05) is 31.1 Å². The van der Waals surface area contributed by atoms with Crippen molar-refractivity contribution in [3.8, 4) is 0 Å². The van der Waals surface area contributed by atoms with Gasteiger partial charge in [-0.1, -0.05) is 13.8 Å². The summed E-state index contributed by atoms with van der Waals surface area (Å²) < 4.78 is 23.2. The van der Waals surface area contributed by atoms with E-state index in [9.17, 15) is 8.42 Å². The number of nitrogens with one attached hydrogen (secondary N) is 1. The van der Waals surface area contributed by atoms with Gasteiger partial charge in [0.2, 0.25) is 0 Å². The second-order valence-electron chi connectivity index (χ2n) is 6.66. The highest BCUT2D eigenvalue weighted by Gasteiger charge is 2.40. The molecular weight excluding hydrogens is 260 g/mol. The van der Waals surface area contributed by atoms with Crippen LogP contribution >= 0.6 is 0 Å². The van der Waals surface area contributed by atoms with Crippen LogP contribution in [0.4, 0.5) is 0 Å². The molecule has 1 aliphatic heterocycles. The van der Waals surface area contributed by atoms with Crippen LogP contribution in [0, 0.1) is 11.8 Å². The summed E-state index contributed by atoms with van der Waals surface area (Å²) in [6.07, 6.45) is 2.52. The summed E-state index contributed by atoms with van der Waals surface area (Å²) in [6, 6.07) is 0.793. The van der Waals surface area contributed by atoms with Crippen molar-refractivity contribution in [1.29, 1.82) is 0 Å². The van der Waals surface area contributed by atoms with Crippen LogP contribution in [-0.4, -0.2) is 56.5 Å². The largest absolute Gasteiger partial charge is 0.316 e. The standard InChI is InChI=1S/C14H28N2O2S/c1-11(2)8-15-9-13-4-5-14(13)16-6-7-19(17,18)10-12(16)3/h11-15H,4-10H2,1-3H3. The van der Waals surface area contributed by atoms with Gasteiger partial charge in [0, 0.05) is 18.6 Å². The lowest BCUT2D eigenvalue weighted by Crippen LogP contribution is -2.58. The van der Waals surface area contributed by atoms with Gasteiger partial charge in [-0.3, -0.25) is 4.90 Å². The fourth-order valence-electron chi connectivity index (χ4n) is 3.29.